The number of aromatic nitrogens is 2. The van der Waals surface area contributed by atoms with Gasteiger partial charge >= 0.3 is 5.97 Å². The van der Waals surface area contributed by atoms with Crippen LogP contribution in [0.4, 0.5) is 0 Å². The third kappa shape index (κ3) is 5.39. The van der Waals surface area contributed by atoms with Gasteiger partial charge in [0.1, 0.15) is 6.54 Å². The molecular formula is C21H26N4O6S2. The number of hydrogen-bond acceptors (Lipinski definition) is 9. The fourth-order valence-corrected chi connectivity index (χ4v) is 6.87. The van der Waals surface area contributed by atoms with E-state index in [2.05, 4.69) is 9.88 Å². The molecule has 0 spiro atoms. The number of esters is 1. The highest BCUT2D eigenvalue weighted by Crippen LogP contribution is 2.21. The lowest BCUT2D eigenvalue weighted by molar-refractivity contribution is -0.141. The number of para-hydroxylation sites is 1. The van der Waals surface area contributed by atoms with Gasteiger partial charge in [0.05, 0.1) is 35.3 Å². The second-order valence-corrected chi connectivity index (χ2v) is 11.3. The summed E-state index contributed by atoms with van der Waals surface area (Å²) in [6, 6.07) is 6.90. The van der Waals surface area contributed by atoms with Crippen LogP contribution in [0, 0.1) is 0 Å². The molecule has 2 fully saturated rings. The minimum Gasteiger partial charge on any atom is -0.468 e. The molecule has 1 aromatic heterocycles. The summed E-state index contributed by atoms with van der Waals surface area (Å²) in [6.07, 6.45) is 0.650. The Bertz CT molecular complexity index is 1220. The van der Waals surface area contributed by atoms with Crippen molar-refractivity contribution in [3.63, 3.8) is 0 Å². The van der Waals surface area contributed by atoms with Gasteiger partial charge in [0.2, 0.25) is 5.91 Å². The van der Waals surface area contributed by atoms with Crippen molar-refractivity contribution in [3.05, 3.63) is 34.6 Å². The highest BCUT2D eigenvalue weighted by atomic mass is 32.2. The number of piperazine rings is 1. The number of ether oxygens (including phenoxy) is 1. The summed E-state index contributed by atoms with van der Waals surface area (Å²) < 4.78 is 29.4. The van der Waals surface area contributed by atoms with Crippen molar-refractivity contribution in [2.24, 2.45) is 0 Å². The number of fused-ring (bicyclic) bond motifs is 1. The van der Waals surface area contributed by atoms with Crippen molar-refractivity contribution < 1.29 is 22.7 Å². The third-order valence-electron chi connectivity index (χ3n) is 6.06. The van der Waals surface area contributed by atoms with Crippen molar-refractivity contribution in [2.45, 2.75) is 24.2 Å². The Morgan fingerprint density at radius 1 is 1.18 bits per heavy atom. The minimum absolute atomic E-state index is 0.0381. The summed E-state index contributed by atoms with van der Waals surface area (Å²) in [6.45, 7) is 2.04. The van der Waals surface area contributed by atoms with E-state index in [0.717, 1.165) is 11.8 Å². The summed E-state index contributed by atoms with van der Waals surface area (Å²) >= 11 is 1.12. The Morgan fingerprint density at radius 3 is 2.58 bits per heavy atom. The molecule has 0 aliphatic carbocycles. The van der Waals surface area contributed by atoms with Gasteiger partial charge in [-0.15, -0.1) is 0 Å². The Kier molecular flexibility index (Phi) is 7.05. The smallest absolute Gasteiger partial charge is 0.325 e. The van der Waals surface area contributed by atoms with Crippen molar-refractivity contribution in [3.8, 4) is 0 Å². The highest BCUT2D eigenvalue weighted by molar-refractivity contribution is 7.99. The zero-order chi connectivity index (χ0) is 23.6. The lowest BCUT2D eigenvalue weighted by atomic mass is 10.2. The summed E-state index contributed by atoms with van der Waals surface area (Å²) in [4.78, 5) is 46.0. The predicted molar refractivity (Wildman–Crippen MR) is 124 cm³/mol. The van der Waals surface area contributed by atoms with Crippen LogP contribution in [0.25, 0.3) is 10.9 Å². The Balaban J connectivity index is 1.42. The van der Waals surface area contributed by atoms with E-state index in [9.17, 15) is 22.8 Å². The molecule has 0 saturated carbocycles. The van der Waals surface area contributed by atoms with Crippen LogP contribution >= 0.6 is 11.8 Å². The van der Waals surface area contributed by atoms with Gasteiger partial charge in [-0.1, -0.05) is 23.9 Å². The Labute approximate surface area is 195 Å². The highest BCUT2D eigenvalue weighted by Gasteiger charge is 2.34. The molecule has 2 saturated heterocycles. The molecule has 12 heteroatoms. The lowest BCUT2D eigenvalue weighted by Gasteiger charge is -2.37. The van der Waals surface area contributed by atoms with Crippen LogP contribution in [0.15, 0.2) is 34.2 Å². The second kappa shape index (κ2) is 9.82. The van der Waals surface area contributed by atoms with Gasteiger partial charge in [-0.05, 0) is 18.6 Å². The van der Waals surface area contributed by atoms with E-state index in [0.29, 0.717) is 43.5 Å². The first-order valence-electron chi connectivity index (χ1n) is 10.7. The van der Waals surface area contributed by atoms with Gasteiger partial charge in [0.15, 0.2) is 15.0 Å². The van der Waals surface area contributed by atoms with Gasteiger partial charge in [0, 0.05) is 32.2 Å². The number of sulfone groups is 1. The predicted octanol–water partition coefficient (Wildman–Crippen LogP) is -0.00710. The SMILES string of the molecule is COC(=O)Cn1c(SCC(=O)N2CCN(C3CCS(=O)(=O)C3)CC2)nc2ccccc2c1=O. The van der Waals surface area contributed by atoms with Gasteiger partial charge < -0.3 is 9.64 Å². The molecule has 1 atom stereocenters. The van der Waals surface area contributed by atoms with Gasteiger partial charge in [-0.3, -0.25) is 23.9 Å². The van der Waals surface area contributed by atoms with Crippen molar-refractivity contribution in [1.29, 1.82) is 0 Å². The van der Waals surface area contributed by atoms with E-state index in [1.165, 1.54) is 11.7 Å². The molecule has 0 N–H and O–H groups in total. The normalized spacial score (nSPS) is 20.8. The first-order valence-corrected chi connectivity index (χ1v) is 13.5. The van der Waals surface area contributed by atoms with Gasteiger partial charge in [-0.25, -0.2) is 13.4 Å². The number of benzene rings is 1. The number of hydrogen-bond donors (Lipinski definition) is 0. The first-order chi connectivity index (χ1) is 15.8. The molecule has 0 radical (unpaired) electrons. The maximum atomic E-state index is 12.9. The largest absolute Gasteiger partial charge is 0.468 e. The van der Waals surface area contributed by atoms with Crippen LogP contribution in [-0.4, -0.2) is 96.2 Å². The van der Waals surface area contributed by atoms with Gasteiger partial charge in [0.25, 0.3) is 5.56 Å². The molecule has 10 nitrogen and oxygen atoms in total. The molecule has 178 valence electrons. The molecule has 1 amide bonds. The molecule has 1 unspecified atom stereocenters. The van der Waals surface area contributed by atoms with Crippen LogP contribution in [0.5, 0.6) is 0 Å². The molecule has 4 rings (SSSR count). The number of rotatable bonds is 6. The number of amides is 1. The lowest BCUT2D eigenvalue weighted by Crippen LogP contribution is -2.52. The summed E-state index contributed by atoms with van der Waals surface area (Å²) in [5.41, 5.74) is 0.139. The van der Waals surface area contributed by atoms with E-state index in [4.69, 9.17) is 4.74 Å². The number of methoxy groups -OCH3 is 1. The number of carbonyl (C=O) groups is 2. The maximum Gasteiger partial charge on any atom is 0.325 e. The van der Waals surface area contributed by atoms with Crippen molar-refractivity contribution >= 4 is 44.4 Å². The molecule has 2 aliphatic heterocycles. The van der Waals surface area contributed by atoms with E-state index >= 15 is 0 Å². The molecule has 2 aliphatic rings. The van der Waals surface area contributed by atoms with Crippen molar-refractivity contribution in [2.75, 3.05) is 50.5 Å². The van der Waals surface area contributed by atoms with Gasteiger partial charge in [-0.2, -0.15) is 0 Å². The van der Waals surface area contributed by atoms with E-state index in [1.807, 2.05) is 0 Å². The van der Waals surface area contributed by atoms with Crippen LogP contribution in [0.3, 0.4) is 0 Å². The third-order valence-corrected chi connectivity index (χ3v) is 8.77. The van der Waals surface area contributed by atoms with E-state index in [-0.39, 0.29) is 46.5 Å². The van der Waals surface area contributed by atoms with Crippen LogP contribution in [-0.2, 0) is 30.7 Å². The molecule has 2 aromatic rings. The quantitative estimate of drug-likeness (QED) is 0.310. The molecule has 3 heterocycles. The standard InChI is InChI=1S/C21H26N4O6S2/c1-31-19(27)12-25-20(28)16-4-2-3-5-17(16)22-21(25)32-13-18(26)24-9-7-23(8-10-24)15-6-11-33(29,30)14-15/h2-5,15H,6-14H2,1H3. The Morgan fingerprint density at radius 2 is 1.91 bits per heavy atom. The average Bonchev–Trinajstić information content (AvgIpc) is 3.19. The topological polar surface area (TPSA) is 119 Å². The summed E-state index contributed by atoms with van der Waals surface area (Å²) in [7, 11) is -1.69. The first kappa shape index (κ1) is 23.7. The fourth-order valence-electron chi connectivity index (χ4n) is 4.21. The zero-order valence-electron chi connectivity index (χ0n) is 18.3. The minimum atomic E-state index is -2.94. The van der Waals surface area contributed by atoms with Crippen LogP contribution < -0.4 is 5.56 Å². The fraction of sp³-hybridized carbons (Fsp3) is 0.524. The second-order valence-electron chi connectivity index (χ2n) is 8.14. The average molecular weight is 495 g/mol. The number of thioether (sulfide) groups is 1. The summed E-state index contributed by atoms with van der Waals surface area (Å²) in [5.74, 6) is -0.163. The molecule has 33 heavy (non-hydrogen) atoms. The monoisotopic (exact) mass is 494 g/mol. The number of nitrogens with zero attached hydrogens (tertiary/aromatic N) is 4. The zero-order valence-corrected chi connectivity index (χ0v) is 19.9. The Hall–Kier alpha value is -2.44. The number of carbonyl (C=O) groups excluding carboxylic acids is 2. The molecule has 1 aromatic carbocycles. The van der Waals surface area contributed by atoms with E-state index in [1.54, 1.807) is 29.2 Å². The molecular weight excluding hydrogens is 468 g/mol. The molecule has 0 bridgehead atoms. The maximum absolute atomic E-state index is 12.9. The van der Waals surface area contributed by atoms with Crippen LogP contribution in [0.1, 0.15) is 6.42 Å². The van der Waals surface area contributed by atoms with Crippen molar-refractivity contribution in [1.82, 2.24) is 19.4 Å². The van der Waals surface area contributed by atoms with Crippen LogP contribution in [0.2, 0.25) is 0 Å². The van der Waals surface area contributed by atoms with E-state index < -0.39 is 15.8 Å². The summed E-state index contributed by atoms with van der Waals surface area (Å²) in [5, 5.41) is 0.675.